The first kappa shape index (κ1) is 11.5. The Bertz CT molecular complexity index is 345. The van der Waals surface area contributed by atoms with E-state index in [0.717, 1.165) is 11.8 Å². The third kappa shape index (κ3) is 2.40. The maximum Gasteiger partial charge on any atom is 0.0377 e. The topological polar surface area (TPSA) is 12.0 Å². The maximum absolute atomic E-state index is 3.58. The molecule has 88 valence electrons. The summed E-state index contributed by atoms with van der Waals surface area (Å²) in [6, 6.07) is 9.42. The summed E-state index contributed by atoms with van der Waals surface area (Å²) in [6.45, 7) is 6.95. The Kier molecular flexibility index (Phi) is 3.52. The maximum atomic E-state index is 3.58. The van der Waals surface area contributed by atoms with Gasteiger partial charge in [0.05, 0.1) is 0 Å². The fourth-order valence-corrected chi connectivity index (χ4v) is 2.74. The van der Waals surface area contributed by atoms with Crippen molar-refractivity contribution in [3.8, 4) is 0 Å². The second kappa shape index (κ2) is 4.90. The van der Waals surface area contributed by atoms with Crippen LogP contribution in [0.2, 0.25) is 0 Å². The molecule has 1 heterocycles. The van der Waals surface area contributed by atoms with E-state index in [2.05, 4.69) is 50.4 Å². The van der Waals surface area contributed by atoms with E-state index in [4.69, 9.17) is 0 Å². The van der Waals surface area contributed by atoms with Gasteiger partial charge in [-0.05, 0) is 43.2 Å². The fourth-order valence-electron chi connectivity index (χ4n) is 2.74. The normalized spacial score (nSPS) is 25.7. The highest BCUT2D eigenvalue weighted by Crippen LogP contribution is 2.38. The number of nitrogens with one attached hydrogen (secondary N) is 1. The summed E-state index contributed by atoms with van der Waals surface area (Å²) in [5, 5.41) is 3.58. The number of hydrogen-bond acceptors (Lipinski definition) is 1. The Labute approximate surface area is 99.3 Å². The zero-order chi connectivity index (χ0) is 11.5. The highest BCUT2D eigenvalue weighted by Gasteiger charge is 2.24. The van der Waals surface area contributed by atoms with Crippen LogP contribution in [-0.4, -0.2) is 6.04 Å². The highest BCUT2D eigenvalue weighted by molar-refractivity contribution is 5.55. The lowest BCUT2D eigenvalue weighted by Gasteiger charge is -2.32. The molecule has 1 N–H and O–H groups in total. The molecule has 2 rings (SSSR count). The van der Waals surface area contributed by atoms with Crippen LogP contribution in [-0.2, 0) is 0 Å². The van der Waals surface area contributed by atoms with Crippen LogP contribution in [0.4, 0.5) is 5.69 Å². The van der Waals surface area contributed by atoms with Crippen LogP contribution in [0.3, 0.4) is 0 Å². The minimum atomic E-state index is 0.615. The van der Waals surface area contributed by atoms with E-state index >= 15 is 0 Å². The first-order valence-corrected chi connectivity index (χ1v) is 6.56. The van der Waals surface area contributed by atoms with Gasteiger partial charge in [0, 0.05) is 11.7 Å². The Morgan fingerprint density at radius 1 is 1.38 bits per heavy atom. The molecule has 0 saturated heterocycles. The molecule has 0 spiro atoms. The van der Waals surface area contributed by atoms with Crippen molar-refractivity contribution in [3.63, 3.8) is 0 Å². The molecule has 1 aromatic rings. The smallest absolute Gasteiger partial charge is 0.0377 e. The van der Waals surface area contributed by atoms with Crippen molar-refractivity contribution >= 4 is 5.69 Å². The highest BCUT2D eigenvalue weighted by atomic mass is 14.9. The van der Waals surface area contributed by atoms with Gasteiger partial charge in [-0.2, -0.15) is 0 Å². The zero-order valence-electron chi connectivity index (χ0n) is 10.7. The van der Waals surface area contributed by atoms with Gasteiger partial charge >= 0.3 is 0 Å². The van der Waals surface area contributed by atoms with Crippen molar-refractivity contribution in [2.75, 3.05) is 5.32 Å². The van der Waals surface area contributed by atoms with E-state index in [1.54, 1.807) is 0 Å². The molecule has 1 aliphatic heterocycles. The molecular weight excluding hydrogens is 194 g/mol. The van der Waals surface area contributed by atoms with Crippen LogP contribution in [0.5, 0.6) is 0 Å². The summed E-state index contributed by atoms with van der Waals surface area (Å²) >= 11 is 0. The third-order valence-corrected chi connectivity index (χ3v) is 3.82. The predicted molar refractivity (Wildman–Crippen MR) is 71.0 cm³/mol. The van der Waals surface area contributed by atoms with Gasteiger partial charge in [-0.3, -0.25) is 0 Å². The Morgan fingerprint density at radius 3 is 2.88 bits per heavy atom. The molecule has 0 aromatic heterocycles. The zero-order valence-corrected chi connectivity index (χ0v) is 10.7. The molecule has 0 fully saturated rings. The second-order valence-electron chi connectivity index (χ2n) is 5.31. The SMILES string of the molecule is CCC(C)CC1CC(C)Nc2ccccc21. The summed E-state index contributed by atoms with van der Waals surface area (Å²) in [5.74, 6) is 1.59. The van der Waals surface area contributed by atoms with Gasteiger partial charge < -0.3 is 5.32 Å². The van der Waals surface area contributed by atoms with Gasteiger partial charge in [0.1, 0.15) is 0 Å². The average molecular weight is 217 g/mol. The number of benzene rings is 1. The van der Waals surface area contributed by atoms with E-state index in [0.29, 0.717) is 6.04 Å². The van der Waals surface area contributed by atoms with Crippen LogP contribution in [0.25, 0.3) is 0 Å². The Balaban J connectivity index is 2.20. The third-order valence-electron chi connectivity index (χ3n) is 3.82. The van der Waals surface area contributed by atoms with Crippen molar-refractivity contribution in [1.29, 1.82) is 0 Å². The molecule has 1 nitrogen and oxygen atoms in total. The van der Waals surface area contributed by atoms with Crippen molar-refractivity contribution in [2.45, 2.75) is 52.0 Å². The second-order valence-corrected chi connectivity index (χ2v) is 5.31. The minimum Gasteiger partial charge on any atom is -0.382 e. The van der Waals surface area contributed by atoms with E-state index in [-0.39, 0.29) is 0 Å². The lowest BCUT2D eigenvalue weighted by Crippen LogP contribution is -2.26. The first-order valence-electron chi connectivity index (χ1n) is 6.56. The number of rotatable bonds is 3. The van der Waals surface area contributed by atoms with Crippen molar-refractivity contribution in [1.82, 2.24) is 0 Å². The van der Waals surface area contributed by atoms with E-state index in [1.165, 1.54) is 30.5 Å². The van der Waals surface area contributed by atoms with E-state index in [1.807, 2.05) is 0 Å². The number of anilines is 1. The Morgan fingerprint density at radius 2 is 2.12 bits per heavy atom. The summed E-state index contributed by atoms with van der Waals surface area (Å²) in [5.41, 5.74) is 2.88. The van der Waals surface area contributed by atoms with Gasteiger partial charge in [0.15, 0.2) is 0 Å². The molecule has 16 heavy (non-hydrogen) atoms. The fraction of sp³-hybridized carbons (Fsp3) is 0.600. The lowest BCUT2D eigenvalue weighted by atomic mass is 9.81. The van der Waals surface area contributed by atoms with Crippen LogP contribution in [0.15, 0.2) is 24.3 Å². The van der Waals surface area contributed by atoms with Crippen molar-refractivity contribution in [2.24, 2.45) is 5.92 Å². The predicted octanol–water partition coefficient (Wildman–Crippen LogP) is 4.41. The molecule has 3 atom stereocenters. The van der Waals surface area contributed by atoms with Crippen LogP contribution >= 0.6 is 0 Å². The van der Waals surface area contributed by atoms with Crippen LogP contribution < -0.4 is 5.32 Å². The first-order chi connectivity index (χ1) is 7.70. The van der Waals surface area contributed by atoms with E-state index in [9.17, 15) is 0 Å². The monoisotopic (exact) mass is 217 g/mol. The van der Waals surface area contributed by atoms with E-state index < -0.39 is 0 Å². The molecule has 3 unspecified atom stereocenters. The molecule has 0 radical (unpaired) electrons. The molecule has 0 saturated carbocycles. The van der Waals surface area contributed by atoms with Crippen molar-refractivity contribution in [3.05, 3.63) is 29.8 Å². The quantitative estimate of drug-likeness (QED) is 0.790. The van der Waals surface area contributed by atoms with Crippen LogP contribution in [0.1, 0.15) is 51.5 Å². The molecule has 1 aromatic carbocycles. The lowest BCUT2D eigenvalue weighted by molar-refractivity contribution is 0.418. The van der Waals surface area contributed by atoms with Crippen LogP contribution in [0, 0.1) is 5.92 Å². The molecule has 1 heteroatoms. The molecular formula is C15H23N. The molecule has 0 bridgehead atoms. The van der Waals surface area contributed by atoms with Gasteiger partial charge in [-0.25, -0.2) is 0 Å². The number of para-hydroxylation sites is 1. The minimum absolute atomic E-state index is 0.615. The Hall–Kier alpha value is -0.980. The largest absolute Gasteiger partial charge is 0.382 e. The summed E-state index contributed by atoms with van der Waals surface area (Å²) in [7, 11) is 0. The van der Waals surface area contributed by atoms with Gasteiger partial charge in [0.2, 0.25) is 0 Å². The van der Waals surface area contributed by atoms with Crippen molar-refractivity contribution < 1.29 is 0 Å². The van der Waals surface area contributed by atoms with Gasteiger partial charge in [-0.15, -0.1) is 0 Å². The van der Waals surface area contributed by atoms with Gasteiger partial charge in [-0.1, -0.05) is 38.5 Å². The standard InChI is InChI=1S/C15H23N/c1-4-11(2)9-13-10-12(3)16-15-8-6-5-7-14(13)15/h5-8,11-13,16H,4,9-10H2,1-3H3. The summed E-state index contributed by atoms with van der Waals surface area (Å²) in [4.78, 5) is 0. The molecule has 0 aliphatic carbocycles. The van der Waals surface area contributed by atoms with Gasteiger partial charge in [0.25, 0.3) is 0 Å². The summed E-state index contributed by atoms with van der Waals surface area (Å²) < 4.78 is 0. The number of hydrogen-bond donors (Lipinski definition) is 1. The summed E-state index contributed by atoms with van der Waals surface area (Å²) in [6.07, 6.45) is 3.90. The molecule has 1 aliphatic rings. The number of fused-ring (bicyclic) bond motifs is 1. The average Bonchev–Trinajstić information content (AvgIpc) is 2.28. The molecule has 0 amide bonds.